The lowest BCUT2D eigenvalue weighted by molar-refractivity contribution is -0.124. The molecule has 0 aliphatic carbocycles. The summed E-state index contributed by atoms with van der Waals surface area (Å²) in [6.07, 6.45) is 2.93. The largest absolute Gasteiger partial charge is 0.348 e. The molecule has 6 nitrogen and oxygen atoms in total. The maximum atomic E-state index is 12.2. The fourth-order valence-electron chi connectivity index (χ4n) is 2.25. The molecule has 2 aromatic heterocycles. The molecule has 1 atom stereocenters. The Morgan fingerprint density at radius 3 is 2.79 bits per heavy atom. The molecule has 3 aromatic rings. The summed E-state index contributed by atoms with van der Waals surface area (Å²) in [4.78, 5) is 21.8. The lowest BCUT2D eigenvalue weighted by Gasteiger charge is -2.10. The van der Waals surface area contributed by atoms with Gasteiger partial charge in [0.25, 0.3) is 0 Å². The van der Waals surface area contributed by atoms with Gasteiger partial charge in [-0.05, 0) is 26.0 Å². The van der Waals surface area contributed by atoms with E-state index in [0.29, 0.717) is 11.6 Å². The highest BCUT2D eigenvalue weighted by molar-refractivity contribution is 7.12. The minimum atomic E-state index is -0.413. The predicted molar refractivity (Wildman–Crippen MR) is 93.9 cm³/mol. The number of nitrogens with zero attached hydrogens (tertiary/aromatic N) is 4. The topological polar surface area (TPSA) is 72.7 Å². The lowest BCUT2D eigenvalue weighted by Crippen LogP contribution is -2.30. The minimum absolute atomic E-state index is 0.124. The smallest absolute Gasteiger partial charge is 0.244 e. The summed E-state index contributed by atoms with van der Waals surface area (Å²) in [5.74, 6) is -0.124. The minimum Gasteiger partial charge on any atom is -0.348 e. The monoisotopic (exact) mass is 361 g/mol. The zero-order valence-electron chi connectivity index (χ0n) is 13.2. The van der Waals surface area contributed by atoms with Crippen LogP contribution in [0.2, 0.25) is 5.02 Å². The third-order valence-corrected chi connectivity index (χ3v) is 4.81. The molecule has 1 aromatic carbocycles. The molecule has 0 fully saturated rings. The number of hydrogen-bond donors (Lipinski definition) is 1. The molecule has 2 heterocycles. The Labute approximate surface area is 148 Å². The molecule has 124 valence electrons. The quantitative estimate of drug-likeness (QED) is 0.757. The van der Waals surface area contributed by atoms with Crippen molar-refractivity contribution in [2.45, 2.75) is 26.4 Å². The highest BCUT2D eigenvalue weighted by atomic mass is 35.5. The molecule has 0 bridgehead atoms. The summed E-state index contributed by atoms with van der Waals surface area (Å²) in [5, 5.41) is 8.42. The van der Waals surface area contributed by atoms with Crippen molar-refractivity contribution in [3.05, 3.63) is 51.8 Å². The number of carbonyl (C=O) groups is 1. The van der Waals surface area contributed by atoms with Gasteiger partial charge in [-0.3, -0.25) is 4.79 Å². The number of hydrogen-bond acceptors (Lipinski definition) is 5. The first-order valence-corrected chi connectivity index (χ1v) is 8.58. The van der Waals surface area contributed by atoms with Crippen molar-refractivity contribution in [3.8, 4) is 11.3 Å². The fourth-order valence-corrected chi connectivity index (χ4v) is 3.27. The highest BCUT2D eigenvalue weighted by Crippen LogP contribution is 2.28. The molecule has 0 saturated carbocycles. The van der Waals surface area contributed by atoms with Crippen molar-refractivity contribution in [1.29, 1.82) is 0 Å². The Hall–Kier alpha value is -2.25. The highest BCUT2D eigenvalue weighted by Gasteiger charge is 2.16. The van der Waals surface area contributed by atoms with Gasteiger partial charge >= 0.3 is 0 Å². The van der Waals surface area contributed by atoms with Crippen LogP contribution in [-0.4, -0.2) is 25.7 Å². The number of amides is 1. The Kier molecular flexibility index (Phi) is 4.92. The van der Waals surface area contributed by atoms with E-state index in [4.69, 9.17) is 11.6 Å². The number of halogens is 1. The van der Waals surface area contributed by atoms with Crippen molar-refractivity contribution >= 4 is 28.8 Å². The average Bonchev–Trinajstić information content (AvgIpc) is 3.22. The summed E-state index contributed by atoms with van der Waals surface area (Å²) >= 11 is 7.49. The van der Waals surface area contributed by atoms with Crippen LogP contribution < -0.4 is 5.32 Å². The van der Waals surface area contributed by atoms with Crippen LogP contribution in [0.1, 0.15) is 22.9 Å². The molecular formula is C16H16ClN5OS. The molecule has 0 spiro atoms. The standard InChI is InChI=1S/C16H16ClN5OS/c1-10(22-9-18-8-20-22)16(23)19-7-14-21-15(11(2)24-14)12-3-5-13(17)6-4-12/h3-6,8-10H,7H2,1-2H3,(H,19,23). The van der Waals surface area contributed by atoms with Gasteiger partial charge in [0.1, 0.15) is 23.7 Å². The molecule has 1 N–H and O–H groups in total. The van der Waals surface area contributed by atoms with Crippen LogP contribution in [0.25, 0.3) is 11.3 Å². The Morgan fingerprint density at radius 1 is 1.38 bits per heavy atom. The molecule has 24 heavy (non-hydrogen) atoms. The number of carbonyl (C=O) groups excluding carboxylic acids is 1. The van der Waals surface area contributed by atoms with E-state index in [1.807, 2.05) is 31.2 Å². The van der Waals surface area contributed by atoms with Crippen LogP contribution in [0.15, 0.2) is 36.9 Å². The van der Waals surface area contributed by atoms with E-state index in [-0.39, 0.29) is 5.91 Å². The van der Waals surface area contributed by atoms with Crippen LogP contribution in [0.3, 0.4) is 0 Å². The van der Waals surface area contributed by atoms with Gasteiger partial charge in [0.05, 0.1) is 12.2 Å². The van der Waals surface area contributed by atoms with Crippen LogP contribution in [0, 0.1) is 6.92 Å². The average molecular weight is 362 g/mol. The molecule has 3 rings (SSSR count). The molecule has 0 aliphatic heterocycles. The van der Waals surface area contributed by atoms with E-state index in [9.17, 15) is 4.79 Å². The van der Waals surface area contributed by atoms with Gasteiger partial charge in [0.15, 0.2) is 0 Å². The first kappa shape index (κ1) is 16.6. The number of nitrogens with one attached hydrogen (secondary N) is 1. The zero-order chi connectivity index (χ0) is 17.1. The number of benzene rings is 1. The van der Waals surface area contributed by atoms with Gasteiger partial charge in [0, 0.05) is 15.5 Å². The van der Waals surface area contributed by atoms with Gasteiger partial charge in [-0.1, -0.05) is 23.7 Å². The second kappa shape index (κ2) is 7.11. The third-order valence-electron chi connectivity index (χ3n) is 3.59. The Bertz CT molecular complexity index is 829. The SMILES string of the molecule is Cc1sc(CNC(=O)C(C)n2cncn2)nc1-c1ccc(Cl)cc1. The van der Waals surface area contributed by atoms with Gasteiger partial charge in [-0.15, -0.1) is 11.3 Å². The molecular weight excluding hydrogens is 346 g/mol. The predicted octanol–water partition coefficient (Wildman–Crippen LogP) is 3.24. The summed E-state index contributed by atoms with van der Waals surface area (Å²) in [7, 11) is 0. The van der Waals surface area contributed by atoms with Crippen molar-refractivity contribution in [2.24, 2.45) is 0 Å². The van der Waals surface area contributed by atoms with E-state index in [1.54, 1.807) is 18.3 Å². The van der Waals surface area contributed by atoms with E-state index in [1.165, 1.54) is 17.3 Å². The van der Waals surface area contributed by atoms with Gasteiger partial charge in [-0.25, -0.2) is 14.6 Å². The lowest BCUT2D eigenvalue weighted by atomic mass is 10.1. The molecule has 8 heteroatoms. The van der Waals surface area contributed by atoms with Crippen LogP contribution in [-0.2, 0) is 11.3 Å². The number of aromatic nitrogens is 4. The van der Waals surface area contributed by atoms with E-state index < -0.39 is 6.04 Å². The van der Waals surface area contributed by atoms with Crippen molar-refractivity contribution in [3.63, 3.8) is 0 Å². The number of thiazole rings is 1. The van der Waals surface area contributed by atoms with E-state index in [2.05, 4.69) is 20.4 Å². The van der Waals surface area contributed by atoms with Crippen LogP contribution in [0.5, 0.6) is 0 Å². The van der Waals surface area contributed by atoms with E-state index in [0.717, 1.165) is 21.1 Å². The molecule has 0 radical (unpaired) electrons. The summed E-state index contributed by atoms with van der Waals surface area (Å²) in [6.45, 7) is 4.18. The molecule has 0 saturated heterocycles. The second-order valence-electron chi connectivity index (χ2n) is 5.29. The van der Waals surface area contributed by atoms with Crippen molar-refractivity contribution < 1.29 is 4.79 Å². The normalized spacial score (nSPS) is 12.1. The van der Waals surface area contributed by atoms with Crippen LogP contribution in [0.4, 0.5) is 0 Å². The Balaban J connectivity index is 1.67. The maximum absolute atomic E-state index is 12.2. The zero-order valence-corrected chi connectivity index (χ0v) is 14.8. The first-order valence-electron chi connectivity index (χ1n) is 7.38. The molecule has 1 unspecified atom stereocenters. The third kappa shape index (κ3) is 3.63. The fraction of sp³-hybridized carbons (Fsp3) is 0.250. The first-order chi connectivity index (χ1) is 11.5. The number of rotatable bonds is 5. The van der Waals surface area contributed by atoms with Crippen LogP contribution >= 0.6 is 22.9 Å². The summed E-state index contributed by atoms with van der Waals surface area (Å²) in [6, 6.07) is 7.16. The van der Waals surface area contributed by atoms with Gasteiger partial charge in [0.2, 0.25) is 5.91 Å². The second-order valence-corrected chi connectivity index (χ2v) is 7.01. The summed E-state index contributed by atoms with van der Waals surface area (Å²) in [5.41, 5.74) is 1.94. The Morgan fingerprint density at radius 2 is 2.12 bits per heavy atom. The van der Waals surface area contributed by atoms with Gasteiger partial charge < -0.3 is 5.32 Å². The van der Waals surface area contributed by atoms with Gasteiger partial charge in [-0.2, -0.15) is 5.10 Å². The molecule has 1 amide bonds. The van der Waals surface area contributed by atoms with E-state index >= 15 is 0 Å². The molecule has 0 aliphatic rings. The van der Waals surface area contributed by atoms with Crippen molar-refractivity contribution in [1.82, 2.24) is 25.1 Å². The number of aryl methyl sites for hydroxylation is 1. The summed E-state index contributed by atoms with van der Waals surface area (Å²) < 4.78 is 1.52. The maximum Gasteiger partial charge on any atom is 0.244 e. The van der Waals surface area contributed by atoms with Crippen molar-refractivity contribution in [2.75, 3.05) is 0 Å².